The third-order valence-electron chi connectivity index (χ3n) is 13.5. The second kappa shape index (κ2) is 13.2. The Hall–Kier alpha value is -6.58. The fourth-order valence-corrected chi connectivity index (χ4v) is 10.9. The van der Waals surface area contributed by atoms with Crippen molar-refractivity contribution in [3.8, 4) is 22.6 Å². The lowest BCUT2D eigenvalue weighted by Crippen LogP contribution is -2.29. The zero-order valence-electron chi connectivity index (χ0n) is 32.5. The van der Waals surface area contributed by atoms with Gasteiger partial charge in [0.15, 0.2) is 17.3 Å². The zero-order chi connectivity index (χ0) is 38.2. The number of nitrogens with zero attached hydrogens (tertiary/aromatic N) is 1. The van der Waals surface area contributed by atoms with Crippen molar-refractivity contribution in [1.82, 2.24) is 0 Å². The highest BCUT2D eigenvalue weighted by atomic mass is 16.6. The first-order valence-electron chi connectivity index (χ1n) is 21.0. The van der Waals surface area contributed by atoms with E-state index in [9.17, 15) is 0 Å². The van der Waals surface area contributed by atoms with Crippen molar-refractivity contribution < 1.29 is 9.47 Å². The number of fused-ring (bicyclic) bond motifs is 11. The molecular formula is C55H43NO2. The van der Waals surface area contributed by atoms with Crippen molar-refractivity contribution >= 4 is 28.2 Å². The minimum atomic E-state index is -0.352. The van der Waals surface area contributed by atoms with E-state index in [1.54, 1.807) is 5.57 Å². The number of benzene rings is 6. The summed E-state index contributed by atoms with van der Waals surface area (Å²) in [5.74, 6) is 3.96. The van der Waals surface area contributed by atoms with Crippen molar-refractivity contribution in [3.05, 3.63) is 220 Å². The lowest BCUT2D eigenvalue weighted by atomic mass is 9.68. The maximum Gasteiger partial charge on any atom is 0.173 e. The van der Waals surface area contributed by atoms with E-state index in [2.05, 4.69) is 175 Å². The van der Waals surface area contributed by atoms with Gasteiger partial charge in [-0.1, -0.05) is 133 Å². The summed E-state index contributed by atoms with van der Waals surface area (Å²) in [6.07, 6.45) is 17.0. The number of anilines is 3. The van der Waals surface area contributed by atoms with Crippen LogP contribution in [0.25, 0.3) is 22.3 Å². The van der Waals surface area contributed by atoms with Crippen LogP contribution in [0.1, 0.15) is 72.8 Å². The highest BCUT2D eigenvalue weighted by molar-refractivity contribution is 5.98. The molecular weight excluding hydrogens is 707 g/mol. The van der Waals surface area contributed by atoms with Crippen molar-refractivity contribution in [3.63, 3.8) is 0 Å². The number of rotatable bonds is 5. The average Bonchev–Trinajstić information content (AvgIpc) is 3.77. The highest BCUT2D eigenvalue weighted by Gasteiger charge is 2.55. The molecule has 6 aliphatic rings. The summed E-state index contributed by atoms with van der Waals surface area (Å²) >= 11 is 0. The Morgan fingerprint density at radius 1 is 0.534 bits per heavy atom. The highest BCUT2D eigenvalue weighted by Crippen LogP contribution is 2.65. The standard InChI is InChI=1S/C55H43NO2/c1-3-14-36(15-4-1)37-26-28-38(29-27-37)39-16-13-19-41(34-39)56(40-17-5-2-6-18-40)42-30-32-50-52(35-42)57-51-33-31-49-53(54(51)58-50)45-22-9-12-25-48(45)55(49)46-23-10-7-20-43(46)44-21-8-11-24-47(44)55/h1-3,5-13,16-26,28,30,32,34-36H,4,14-15,27,29,31,33H2. The third-order valence-corrected chi connectivity index (χ3v) is 13.5. The minimum absolute atomic E-state index is 0.352. The van der Waals surface area contributed by atoms with Gasteiger partial charge in [-0.3, -0.25) is 0 Å². The second-order valence-corrected chi connectivity index (χ2v) is 16.5. The Kier molecular flexibility index (Phi) is 7.66. The van der Waals surface area contributed by atoms with Crippen LogP contribution in [0, 0.1) is 5.92 Å². The molecule has 1 aliphatic heterocycles. The van der Waals surface area contributed by atoms with Crippen LogP contribution in [0.2, 0.25) is 0 Å². The molecule has 3 nitrogen and oxygen atoms in total. The topological polar surface area (TPSA) is 21.7 Å². The van der Waals surface area contributed by atoms with Gasteiger partial charge in [-0.05, 0) is 131 Å². The fourth-order valence-electron chi connectivity index (χ4n) is 10.9. The Balaban J connectivity index is 0.921. The normalized spacial score (nSPS) is 19.1. The van der Waals surface area contributed by atoms with Crippen LogP contribution in [-0.4, -0.2) is 0 Å². The van der Waals surface area contributed by atoms with Gasteiger partial charge in [0.25, 0.3) is 0 Å². The van der Waals surface area contributed by atoms with Crippen LogP contribution in [0.4, 0.5) is 17.1 Å². The van der Waals surface area contributed by atoms with Crippen molar-refractivity contribution in [1.29, 1.82) is 0 Å². The summed E-state index contributed by atoms with van der Waals surface area (Å²) in [5.41, 5.74) is 17.7. The van der Waals surface area contributed by atoms with Gasteiger partial charge in [0.05, 0.1) is 11.1 Å². The van der Waals surface area contributed by atoms with Crippen LogP contribution < -0.4 is 14.4 Å². The molecule has 0 N–H and O–H groups in total. The molecule has 0 saturated carbocycles. The van der Waals surface area contributed by atoms with E-state index >= 15 is 0 Å². The number of allylic oxidation sites excluding steroid dienone is 9. The van der Waals surface area contributed by atoms with E-state index in [0.717, 1.165) is 65.8 Å². The predicted molar refractivity (Wildman–Crippen MR) is 236 cm³/mol. The van der Waals surface area contributed by atoms with Crippen LogP contribution in [0.3, 0.4) is 0 Å². The second-order valence-electron chi connectivity index (χ2n) is 16.5. The summed E-state index contributed by atoms with van der Waals surface area (Å²) in [5, 5.41) is 0. The van der Waals surface area contributed by atoms with E-state index < -0.39 is 0 Å². The SMILES string of the molecule is C1=CCC(C2=CC=C(c3cccc(N(c4ccccc4)c4ccc5c(c4)OC4=C(O5)C5=C(CC4)C4(c6ccccc65)c5ccccc5-c5ccccc54)c3)CC2)CC1. The first-order valence-corrected chi connectivity index (χ1v) is 21.0. The number of ether oxygens (including phenoxy) is 2. The molecule has 3 heteroatoms. The summed E-state index contributed by atoms with van der Waals surface area (Å²) in [6, 6.07) is 53.0. The van der Waals surface area contributed by atoms with E-state index in [1.807, 2.05) is 0 Å². The quantitative estimate of drug-likeness (QED) is 0.164. The molecule has 1 atom stereocenters. The lowest BCUT2D eigenvalue weighted by Gasteiger charge is -2.35. The van der Waals surface area contributed by atoms with Gasteiger partial charge in [0.1, 0.15) is 5.76 Å². The maximum absolute atomic E-state index is 7.04. The molecule has 6 aromatic rings. The molecule has 0 aromatic heterocycles. The van der Waals surface area contributed by atoms with Gasteiger partial charge in [-0.25, -0.2) is 0 Å². The molecule has 0 radical (unpaired) electrons. The minimum Gasteiger partial charge on any atom is -0.454 e. The van der Waals surface area contributed by atoms with E-state index in [4.69, 9.17) is 9.47 Å². The Morgan fingerprint density at radius 2 is 1.24 bits per heavy atom. The molecule has 6 aromatic carbocycles. The van der Waals surface area contributed by atoms with Gasteiger partial charge in [0.2, 0.25) is 0 Å². The third kappa shape index (κ3) is 4.99. The first kappa shape index (κ1) is 33.5. The summed E-state index contributed by atoms with van der Waals surface area (Å²) in [6.45, 7) is 0. The zero-order valence-corrected chi connectivity index (χ0v) is 32.5. The predicted octanol–water partition coefficient (Wildman–Crippen LogP) is 14.2. The molecule has 5 aliphatic carbocycles. The van der Waals surface area contributed by atoms with Crippen LogP contribution in [0.15, 0.2) is 193 Å². The van der Waals surface area contributed by atoms with E-state index in [-0.39, 0.29) is 5.41 Å². The first-order chi connectivity index (χ1) is 28.8. The molecule has 1 unspecified atom stereocenters. The van der Waals surface area contributed by atoms with E-state index in [0.29, 0.717) is 5.92 Å². The number of para-hydroxylation sites is 1. The van der Waals surface area contributed by atoms with E-state index in [1.165, 1.54) is 74.9 Å². The van der Waals surface area contributed by atoms with Gasteiger partial charge < -0.3 is 14.4 Å². The lowest BCUT2D eigenvalue weighted by molar-refractivity contribution is 0.291. The number of hydrogen-bond donors (Lipinski definition) is 0. The fraction of sp³-hybridized carbons (Fsp3) is 0.164. The van der Waals surface area contributed by atoms with Gasteiger partial charge in [-0.15, -0.1) is 0 Å². The molecule has 0 bridgehead atoms. The largest absolute Gasteiger partial charge is 0.454 e. The average molecular weight is 750 g/mol. The number of hydrogen-bond acceptors (Lipinski definition) is 3. The molecule has 0 fully saturated rings. The molecule has 58 heavy (non-hydrogen) atoms. The summed E-state index contributed by atoms with van der Waals surface area (Å²) < 4.78 is 14.0. The monoisotopic (exact) mass is 749 g/mol. The molecule has 1 spiro atoms. The molecule has 1 heterocycles. The van der Waals surface area contributed by atoms with Crippen molar-refractivity contribution in [2.75, 3.05) is 4.90 Å². The van der Waals surface area contributed by atoms with Crippen LogP contribution in [0.5, 0.6) is 11.5 Å². The smallest absolute Gasteiger partial charge is 0.173 e. The molecule has 280 valence electrons. The Bertz CT molecular complexity index is 2790. The van der Waals surface area contributed by atoms with Gasteiger partial charge in [-0.2, -0.15) is 0 Å². The molecule has 0 amide bonds. The maximum atomic E-state index is 7.04. The Morgan fingerprint density at radius 3 is 1.98 bits per heavy atom. The van der Waals surface area contributed by atoms with Crippen LogP contribution >= 0.6 is 0 Å². The van der Waals surface area contributed by atoms with Gasteiger partial charge >= 0.3 is 0 Å². The molecule has 12 rings (SSSR count). The van der Waals surface area contributed by atoms with Gasteiger partial charge in [0, 0.05) is 29.4 Å². The summed E-state index contributed by atoms with van der Waals surface area (Å²) in [7, 11) is 0. The van der Waals surface area contributed by atoms with Crippen LogP contribution in [-0.2, 0) is 5.41 Å². The summed E-state index contributed by atoms with van der Waals surface area (Å²) in [4.78, 5) is 2.34. The Labute approximate surface area is 340 Å². The van der Waals surface area contributed by atoms with Crippen molar-refractivity contribution in [2.24, 2.45) is 5.92 Å². The van der Waals surface area contributed by atoms with Crippen molar-refractivity contribution in [2.45, 2.75) is 50.4 Å². The molecule has 0 saturated heterocycles.